The van der Waals surface area contributed by atoms with Crippen molar-refractivity contribution in [2.45, 2.75) is 38.7 Å². The lowest BCUT2D eigenvalue weighted by atomic mass is 9.69. The SMILES string of the molecule is CC/C(=C\c1ccc(O)c(F)c1)CC[C@H]1OC[C@H]2C1=C(COc1ccccc1)C[C@H]1C(=O)N(C)C(=O)[C@H]12. The van der Waals surface area contributed by atoms with Crippen molar-refractivity contribution in [1.82, 2.24) is 4.90 Å². The molecule has 2 aromatic rings. The number of phenolic OH excluding ortho intramolecular Hbond substituents is 1. The van der Waals surface area contributed by atoms with E-state index in [1.807, 2.05) is 36.4 Å². The lowest BCUT2D eigenvalue weighted by Gasteiger charge is -2.31. The van der Waals surface area contributed by atoms with E-state index in [0.717, 1.165) is 41.7 Å². The Balaban J connectivity index is 1.39. The summed E-state index contributed by atoms with van der Waals surface area (Å²) < 4.78 is 26.2. The first kappa shape index (κ1) is 25.2. The second-order valence-electron chi connectivity index (χ2n) is 10.1. The third kappa shape index (κ3) is 4.92. The quantitative estimate of drug-likeness (QED) is 0.398. The largest absolute Gasteiger partial charge is 0.505 e. The first-order chi connectivity index (χ1) is 17.9. The van der Waals surface area contributed by atoms with Gasteiger partial charge in [-0.15, -0.1) is 0 Å². The predicted octanol–water partition coefficient (Wildman–Crippen LogP) is 5.13. The third-order valence-electron chi connectivity index (χ3n) is 7.91. The molecule has 0 bridgehead atoms. The summed E-state index contributed by atoms with van der Waals surface area (Å²) in [6.07, 6.45) is 4.55. The van der Waals surface area contributed by atoms with Gasteiger partial charge in [0.05, 0.1) is 24.5 Å². The molecular formula is C30H32FNO5. The zero-order chi connectivity index (χ0) is 26.1. The molecule has 194 valence electrons. The first-order valence-electron chi connectivity index (χ1n) is 12.9. The molecule has 0 unspecified atom stereocenters. The fraction of sp³-hybridized carbons (Fsp3) is 0.400. The molecule has 0 saturated carbocycles. The maximum atomic E-state index is 13.8. The summed E-state index contributed by atoms with van der Waals surface area (Å²) in [5, 5.41) is 9.47. The number of likely N-dealkylation sites (tertiary alicyclic amines) is 1. The summed E-state index contributed by atoms with van der Waals surface area (Å²) in [7, 11) is 1.57. The average molecular weight is 506 g/mol. The zero-order valence-electron chi connectivity index (χ0n) is 21.2. The van der Waals surface area contributed by atoms with E-state index in [9.17, 15) is 19.1 Å². The fourth-order valence-corrected chi connectivity index (χ4v) is 5.97. The maximum absolute atomic E-state index is 13.8. The molecule has 1 aliphatic carbocycles. The standard InChI is InChI=1S/C30H32FNO5/c1-3-18(13-19-9-11-25(33)24(31)14-19)10-12-26-27-20(16-36-21-7-5-4-6-8-21)15-22-28(23(27)17-37-26)30(35)32(2)29(22)34/h4-9,11,13-14,22-23,26,28,33H,3,10,12,15-17H2,1-2H3/b18-13+/t22-,23+,26-,28-/m1/s1. The number of hydrogen-bond donors (Lipinski definition) is 1. The number of benzene rings is 2. The van der Waals surface area contributed by atoms with E-state index in [4.69, 9.17) is 9.47 Å². The van der Waals surface area contributed by atoms with Crippen LogP contribution >= 0.6 is 0 Å². The van der Waals surface area contributed by atoms with E-state index in [2.05, 4.69) is 6.92 Å². The summed E-state index contributed by atoms with van der Waals surface area (Å²) >= 11 is 0. The number of rotatable bonds is 8. The smallest absolute Gasteiger partial charge is 0.233 e. The second kappa shape index (κ2) is 10.5. The number of amides is 2. The van der Waals surface area contributed by atoms with Gasteiger partial charge in [0, 0.05) is 13.0 Å². The van der Waals surface area contributed by atoms with Crippen LogP contribution in [0.3, 0.4) is 0 Å². The first-order valence-corrected chi connectivity index (χ1v) is 12.9. The lowest BCUT2D eigenvalue weighted by molar-refractivity contribution is -0.138. The van der Waals surface area contributed by atoms with Crippen molar-refractivity contribution >= 4 is 17.9 Å². The van der Waals surface area contributed by atoms with E-state index < -0.39 is 5.82 Å². The molecule has 2 heterocycles. The minimum absolute atomic E-state index is 0.117. The van der Waals surface area contributed by atoms with Crippen molar-refractivity contribution in [2.24, 2.45) is 17.8 Å². The molecule has 2 amide bonds. The number of ether oxygens (including phenoxy) is 2. The summed E-state index contributed by atoms with van der Waals surface area (Å²) in [5.41, 5.74) is 4.00. The Bertz CT molecular complexity index is 1250. The Hall–Kier alpha value is -3.45. The minimum Gasteiger partial charge on any atom is -0.505 e. The molecule has 2 fully saturated rings. The van der Waals surface area contributed by atoms with Gasteiger partial charge < -0.3 is 14.6 Å². The van der Waals surface area contributed by atoms with Crippen LogP contribution in [0, 0.1) is 23.6 Å². The summed E-state index contributed by atoms with van der Waals surface area (Å²) in [6, 6.07) is 14.0. The van der Waals surface area contributed by atoms with Gasteiger partial charge in [-0.3, -0.25) is 14.5 Å². The van der Waals surface area contributed by atoms with Gasteiger partial charge in [0.1, 0.15) is 12.4 Å². The van der Waals surface area contributed by atoms with Crippen LogP contribution in [0.15, 0.2) is 65.3 Å². The maximum Gasteiger partial charge on any atom is 0.233 e. The highest BCUT2D eigenvalue weighted by atomic mass is 19.1. The molecule has 2 aromatic carbocycles. The van der Waals surface area contributed by atoms with E-state index >= 15 is 0 Å². The average Bonchev–Trinajstić information content (AvgIpc) is 3.42. The highest BCUT2D eigenvalue weighted by Crippen LogP contribution is 2.49. The Kier molecular flexibility index (Phi) is 7.15. The molecule has 3 aliphatic rings. The molecule has 6 nitrogen and oxygen atoms in total. The number of hydrogen-bond acceptors (Lipinski definition) is 5. The number of carbonyl (C=O) groups excluding carboxylic acids is 2. The van der Waals surface area contributed by atoms with Gasteiger partial charge in [0.2, 0.25) is 11.8 Å². The Morgan fingerprint density at radius 3 is 2.68 bits per heavy atom. The number of nitrogens with zero attached hydrogens (tertiary/aromatic N) is 1. The number of para-hydroxylation sites is 1. The zero-order valence-corrected chi connectivity index (χ0v) is 21.2. The number of carbonyl (C=O) groups is 2. The molecule has 2 aliphatic heterocycles. The Morgan fingerprint density at radius 1 is 1.16 bits per heavy atom. The molecule has 0 aromatic heterocycles. The topological polar surface area (TPSA) is 76.1 Å². The van der Waals surface area contributed by atoms with Gasteiger partial charge in [0.15, 0.2) is 11.6 Å². The molecule has 7 heteroatoms. The number of aromatic hydroxyl groups is 1. The summed E-state index contributed by atoms with van der Waals surface area (Å²) in [6.45, 7) is 2.83. The van der Waals surface area contributed by atoms with E-state index in [1.54, 1.807) is 13.1 Å². The second-order valence-corrected chi connectivity index (χ2v) is 10.1. The van der Waals surface area contributed by atoms with Gasteiger partial charge in [-0.25, -0.2) is 4.39 Å². The fourth-order valence-electron chi connectivity index (χ4n) is 5.97. The number of allylic oxidation sites excluding steroid dienone is 1. The van der Waals surface area contributed by atoms with Crippen molar-refractivity contribution < 1.29 is 28.6 Å². The van der Waals surface area contributed by atoms with E-state index in [1.165, 1.54) is 17.0 Å². The summed E-state index contributed by atoms with van der Waals surface area (Å²) in [5.74, 6) is -1.35. The molecule has 5 rings (SSSR count). The Morgan fingerprint density at radius 2 is 1.95 bits per heavy atom. The molecule has 0 spiro atoms. The highest BCUT2D eigenvalue weighted by molar-refractivity contribution is 6.05. The minimum atomic E-state index is -0.642. The van der Waals surface area contributed by atoms with Crippen molar-refractivity contribution in [3.63, 3.8) is 0 Å². The molecule has 0 radical (unpaired) electrons. The predicted molar refractivity (Wildman–Crippen MR) is 137 cm³/mol. The van der Waals surface area contributed by atoms with E-state index in [-0.39, 0.29) is 41.4 Å². The molecular weight excluding hydrogens is 473 g/mol. The summed E-state index contributed by atoms with van der Waals surface area (Å²) in [4.78, 5) is 27.1. The number of fused-ring (bicyclic) bond motifs is 3. The van der Waals surface area contributed by atoms with Crippen molar-refractivity contribution in [3.8, 4) is 11.5 Å². The van der Waals surface area contributed by atoms with Crippen LogP contribution < -0.4 is 4.74 Å². The van der Waals surface area contributed by atoms with Crippen LogP contribution in [0.4, 0.5) is 4.39 Å². The van der Waals surface area contributed by atoms with Crippen molar-refractivity contribution in [2.75, 3.05) is 20.3 Å². The third-order valence-corrected chi connectivity index (χ3v) is 7.91. The van der Waals surface area contributed by atoms with Crippen LogP contribution in [0.1, 0.15) is 38.2 Å². The van der Waals surface area contributed by atoms with Crippen LogP contribution in [0.2, 0.25) is 0 Å². The van der Waals surface area contributed by atoms with Crippen molar-refractivity contribution in [1.29, 1.82) is 0 Å². The van der Waals surface area contributed by atoms with Crippen molar-refractivity contribution in [3.05, 3.63) is 76.6 Å². The molecule has 4 atom stereocenters. The van der Waals surface area contributed by atoms with Gasteiger partial charge in [-0.1, -0.05) is 42.8 Å². The van der Waals surface area contributed by atoms with Gasteiger partial charge >= 0.3 is 0 Å². The molecule has 1 N–H and O–H groups in total. The number of halogens is 1. The van der Waals surface area contributed by atoms with Gasteiger partial charge in [0.25, 0.3) is 0 Å². The van der Waals surface area contributed by atoms with Gasteiger partial charge in [-0.05, 0) is 66.7 Å². The van der Waals surface area contributed by atoms with Gasteiger partial charge in [-0.2, -0.15) is 0 Å². The lowest BCUT2D eigenvalue weighted by Crippen LogP contribution is -2.35. The van der Waals surface area contributed by atoms with E-state index in [0.29, 0.717) is 25.2 Å². The van der Waals surface area contributed by atoms with Crippen LogP contribution in [-0.2, 0) is 14.3 Å². The van der Waals surface area contributed by atoms with Crippen LogP contribution in [0.5, 0.6) is 11.5 Å². The normalized spacial score (nSPS) is 25.5. The number of imide groups is 1. The highest BCUT2D eigenvalue weighted by Gasteiger charge is 2.56. The van der Waals surface area contributed by atoms with Crippen LogP contribution in [-0.4, -0.2) is 48.2 Å². The number of phenols is 1. The monoisotopic (exact) mass is 505 g/mol. The molecule has 37 heavy (non-hydrogen) atoms. The molecule has 2 saturated heterocycles. The van der Waals surface area contributed by atoms with Crippen LogP contribution in [0.25, 0.3) is 6.08 Å². The Labute approximate surface area is 216 Å².